The fraction of sp³-hybridized carbons (Fsp3) is 0.529. The van der Waals surface area contributed by atoms with Crippen molar-refractivity contribution < 1.29 is 8.42 Å². The number of sulfonamides is 1. The van der Waals surface area contributed by atoms with Crippen molar-refractivity contribution in [3.63, 3.8) is 0 Å². The lowest BCUT2D eigenvalue weighted by Gasteiger charge is -2.21. The van der Waals surface area contributed by atoms with E-state index in [9.17, 15) is 18.0 Å². The van der Waals surface area contributed by atoms with Crippen LogP contribution >= 0.6 is 0 Å². The molecule has 7 nitrogen and oxygen atoms in total. The number of aromatic amines is 2. The molecule has 3 rings (SSSR count). The highest BCUT2D eigenvalue weighted by molar-refractivity contribution is 7.89. The largest absolute Gasteiger partial charge is 0.316 e. The van der Waals surface area contributed by atoms with Gasteiger partial charge in [0.05, 0.1) is 15.9 Å². The highest BCUT2D eigenvalue weighted by Crippen LogP contribution is 2.23. The molecular weight excluding hydrogens is 342 g/mol. The maximum Gasteiger partial charge on any atom is 0.314 e. The van der Waals surface area contributed by atoms with Gasteiger partial charge < -0.3 is 9.97 Å². The van der Waals surface area contributed by atoms with Crippen LogP contribution in [0.15, 0.2) is 26.6 Å². The van der Waals surface area contributed by atoms with Crippen LogP contribution in [0.4, 0.5) is 0 Å². The molecular formula is C17H23N3O4S. The van der Waals surface area contributed by atoms with Crippen LogP contribution in [-0.2, 0) is 10.0 Å². The molecule has 136 valence electrons. The Kier molecular flexibility index (Phi) is 5.10. The van der Waals surface area contributed by atoms with Crippen LogP contribution in [0.2, 0.25) is 0 Å². The number of hydrogen-bond donors (Lipinski definition) is 3. The van der Waals surface area contributed by atoms with Crippen molar-refractivity contribution in [2.24, 2.45) is 0 Å². The van der Waals surface area contributed by atoms with Crippen LogP contribution in [0, 0.1) is 6.92 Å². The third kappa shape index (κ3) is 4.01. The summed E-state index contributed by atoms with van der Waals surface area (Å²) in [5, 5.41) is 0. The standard InChI is InChI=1S/C17H23N3O4S/c1-11-9-13-14(19-17(22)16(21)18-13)10-15(11)25(23,24)20-12-7-5-3-2-4-6-8-12/h9-10,12,20H,2-8H2,1H3,(H,18,21)(H,19,22). The molecule has 3 N–H and O–H groups in total. The molecule has 1 aromatic carbocycles. The summed E-state index contributed by atoms with van der Waals surface area (Å²) < 4.78 is 28.5. The summed E-state index contributed by atoms with van der Waals surface area (Å²) in [6.07, 6.45) is 7.24. The summed E-state index contributed by atoms with van der Waals surface area (Å²) in [7, 11) is -3.70. The average molecular weight is 365 g/mol. The molecule has 1 saturated carbocycles. The first kappa shape index (κ1) is 17.9. The molecule has 2 aromatic rings. The second-order valence-electron chi connectivity index (χ2n) is 6.73. The summed E-state index contributed by atoms with van der Waals surface area (Å²) in [4.78, 5) is 27.9. The summed E-state index contributed by atoms with van der Waals surface area (Å²) in [6, 6.07) is 2.92. The van der Waals surface area contributed by atoms with Gasteiger partial charge in [-0.2, -0.15) is 0 Å². The van der Waals surface area contributed by atoms with Gasteiger partial charge in [0.25, 0.3) is 0 Å². The van der Waals surface area contributed by atoms with Gasteiger partial charge in [0.1, 0.15) is 0 Å². The maximum absolute atomic E-state index is 12.8. The summed E-state index contributed by atoms with van der Waals surface area (Å²) in [6.45, 7) is 1.68. The number of benzene rings is 1. The van der Waals surface area contributed by atoms with Gasteiger partial charge in [-0.25, -0.2) is 13.1 Å². The smallest absolute Gasteiger partial charge is 0.314 e. The van der Waals surface area contributed by atoms with Crippen molar-refractivity contribution in [2.75, 3.05) is 0 Å². The highest BCUT2D eigenvalue weighted by atomic mass is 32.2. The third-order valence-corrected chi connectivity index (χ3v) is 6.40. The molecule has 0 atom stereocenters. The number of fused-ring (bicyclic) bond motifs is 1. The lowest BCUT2D eigenvalue weighted by atomic mass is 9.97. The molecule has 0 bridgehead atoms. The van der Waals surface area contributed by atoms with Crippen molar-refractivity contribution in [3.8, 4) is 0 Å². The average Bonchev–Trinajstić information content (AvgIpc) is 2.51. The fourth-order valence-electron chi connectivity index (χ4n) is 3.40. The number of hydrogen-bond acceptors (Lipinski definition) is 4. The highest BCUT2D eigenvalue weighted by Gasteiger charge is 2.23. The van der Waals surface area contributed by atoms with E-state index in [-0.39, 0.29) is 10.9 Å². The quantitative estimate of drug-likeness (QED) is 0.721. The molecule has 1 fully saturated rings. The molecule has 0 saturated heterocycles. The minimum Gasteiger partial charge on any atom is -0.316 e. The fourth-order valence-corrected chi connectivity index (χ4v) is 4.96. The summed E-state index contributed by atoms with van der Waals surface area (Å²) >= 11 is 0. The van der Waals surface area contributed by atoms with Gasteiger partial charge in [0.15, 0.2) is 0 Å². The molecule has 0 aliphatic heterocycles. The third-order valence-electron chi connectivity index (χ3n) is 4.73. The topological polar surface area (TPSA) is 112 Å². The molecule has 0 spiro atoms. The Labute approximate surface area is 145 Å². The molecule has 8 heteroatoms. The van der Waals surface area contributed by atoms with Gasteiger partial charge >= 0.3 is 11.1 Å². The number of aryl methyl sites for hydroxylation is 1. The van der Waals surface area contributed by atoms with E-state index >= 15 is 0 Å². The lowest BCUT2D eigenvalue weighted by Crippen LogP contribution is -2.35. The summed E-state index contributed by atoms with van der Waals surface area (Å²) in [5.41, 5.74) is -0.323. The van der Waals surface area contributed by atoms with Crippen LogP contribution in [0.25, 0.3) is 11.0 Å². The van der Waals surface area contributed by atoms with Gasteiger partial charge in [-0.05, 0) is 37.5 Å². The van der Waals surface area contributed by atoms with Crippen molar-refractivity contribution >= 4 is 21.1 Å². The maximum atomic E-state index is 12.8. The van der Waals surface area contributed by atoms with Gasteiger partial charge in [0.2, 0.25) is 10.0 Å². The van der Waals surface area contributed by atoms with Gasteiger partial charge in [-0.1, -0.05) is 32.1 Å². The van der Waals surface area contributed by atoms with Crippen molar-refractivity contribution in [3.05, 3.63) is 38.4 Å². The number of aromatic nitrogens is 2. The molecule has 1 aliphatic rings. The first-order valence-corrected chi connectivity index (χ1v) is 10.1. The zero-order valence-electron chi connectivity index (χ0n) is 14.2. The Bertz CT molecular complexity index is 983. The van der Waals surface area contributed by atoms with Gasteiger partial charge in [0, 0.05) is 6.04 Å². The molecule has 1 aromatic heterocycles. The van der Waals surface area contributed by atoms with Crippen molar-refractivity contribution in [2.45, 2.75) is 62.8 Å². The Morgan fingerprint density at radius 3 is 2.04 bits per heavy atom. The minimum absolute atomic E-state index is 0.0602. The Morgan fingerprint density at radius 2 is 1.44 bits per heavy atom. The van der Waals surface area contributed by atoms with Crippen molar-refractivity contribution in [1.82, 2.24) is 14.7 Å². The van der Waals surface area contributed by atoms with Gasteiger partial charge in [-0.3, -0.25) is 9.59 Å². The Morgan fingerprint density at radius 1 is 0.920 bits per heavy atom. The van der Waals surface area contributed by atoms with Crippen LogP contribution < -0.4 is 15.8 Å². The molecule has 0 unspecified atom stereocenters. The molecule has 1 aliphatic carbocycles. The SMILES string of the molecule is Cc1cc2[nH]c(=O)c(=O)[nH]c2cc1S(=O)(=O)NC1CCCCCCC1. The van der Waals surface area contributed by atoms with E-state index in [1.807, 2.05) is 0 Å². The number of rotatable bonds is 3. The van der Waals surface area contributed by atoms with Crippen LogP contribution in [0.3, 0.4) is 0 Å². The van der Waals surface area contributed by atoms with E-state index < -0.39 is 21.1 Å². The van der Waals surface area contributed by atoms with Crippen LogP contribution in [-0.4, -0.2) is 24.4 Å². The number of nitrogens with one attached hydrogen (secondary N) is 3. The molecule has 0 amide bonds. The minimum atomic E-state index is -3.70. The first-order chi connectivity index (χ1) is 11.9. The Balaban J connectivity index is 1.95. The zero-order chi connectivity index (χ0) is 18.0. The Hall–Kier alpha value is -1.93. The monoisotopic (exact) mass is 365 g/mol. The first-order valence-electron chi connectivity index (χ1n) is 8.66. The van der Waals surface area contributed by atoms with E-state index in [1.54, 1.807) is 13.0 Å². The molecule has 0 radical (unpaired) electrons. The second kappa shape index (κ2) is 7.13. The molecule has 1 heterocycles. The van der Waals surface area contributed by atoms with Crippen molar-refractivity contribution in [1.29, 1.82) is 0 Å². The van der Waals surface area contributed by atoms with E-state index in [1.165, 1.54) is 12.5 Å². The number of H-pyrrole nitrogens is 2. The van der Waals surface area contributed by atoms with E-state index in [0.717, 1.165) is 38.5 Å². The second-order valence-corrected chi connectivity index (χ2v) is 8.42. The predicted molar refractivity (Wildman–Crippen MR) is 96.4 cm³/mol. The normalized spacial score (nSPS) is 17.3. The van der Waals surface area contributed by atoms with Crippen LogP contribution in [0.5, 0.6) is 0 Å². The van der Waals surface area contributed by atoms with E-state index in [0.29, 0.717) is 16.6 Å². The van der Waals surface area contributed by atoms with Gasteiger partial charge in [-0.15, -0.1) is 0 Å². The van der Waals surface area contributed by atoms with Crippen LogP contribution in [0.1, 0.15) is 50.5 Å². The van der Waals surface area contributed by atoms with E-state index in [4.69, 9.17) is 0 Å². The lowest BCUT2D eigenvalue weighted by molar-refractivity contribution is 0.426. The zero-order valence-corrected chi connectivity index (χ0v) is 15.0. The summed E-state index contributed by atoms with van der Waals surface area (Å²) in [5.74, 6) is 0. The van der Waals surface area contributed by atoms with E-state index in [2.05, 4.69) is 14.7 Å². The predicted octanol–water partition coefficient (Wildman–Crippen LogP) is 1.92. The molecule has 25 heavy (non-hydrogen) atoms.